The summed E-state index contributed by atoms with van der Waals surface area (Å²) in [6.07, 6.45) is 3.49. The normalized spacial score (nSPS) is 12.2. The first-order valence-corrected chi connectivity index (χ1v) is 15.9. The van der Waals surface area contributed by atoms with Crippen LogP contribution in [0.4, 0.5) is 0 Å². The van der Waals surface area contributed by atoms with Gasteiger partial charge in [0.2, 0.25) is 5.91 Å². The van der Waals surface area contributed by atoms with Crippen LogP contribution >= 0.6 is 0 Å². The van der Waals surface area contributed by atoms with Crippen LogP contribution in [0.1, 0.15) is 64.2 Å². The highest BCUT2D eigenvalue weighted by atomic mass is 16.6. The van der Waals surface area contributed by atoms with Crippen LogP contribution < -0.4 is 15.4 Å². The molecule has 0 radical (unpaired) electrons. The standard InChI is InChI=1S/C33H53N5O8/c1-27(2)10-6-7-16-41-18-20-43-21-19-42-17-15-36-32(40)29-12-8-13-30(24-29)45-26-33(5,37-38-34)46-23-22-44-25-31(39)35-14-9-11-28(3)4/h8,12-13,24,27-28H,6-7,10,14-23,25-26H2,1-5H3,(H,35,39)(H,36,40)/t33-/m0/s1. The third kappa shape index (κ3) is 22.2. The maximum Gasteiger partial charge on any atom is 0.251 e. The molecule has 0 saturated carbocycles. The van der Waals surface area contributed by atoms with Crippen LogP contribution in [0.3, 0.4) is 0 Å². The van der Waals surface area contributed by atoms with E-state index in [1.54, 1.807) is 31.2 Å². The Bertz CT molecular complexity index is 1100. The molecule has 0 aromatic heterocycles. The van der Waals surface area contributed by atoms with Gasteiger partial charge in [-0.25, -0.2) is 0 Å². The van der Waals surface area contributed by atoms with Gasteiger partial charge in [-0.1, -0.05) is 63.6 Å². The molecule has 0 saturated heterocycles. The van der Waals surface area contributed by atoms with Crippen LogP contribution in [-0.2, 0) is 28.5 Å². The van der Waals surface area contributed by atoms with Crippen molar-refractivity contribution in [3.05, 3.63) is 40.3 Å². The third-order valence-corrected chi connectivity index (χ3v) is 6.09. The fourth-order valence-corrected chi connectivity index (χ4v) is 3.71. The zero-order valence-electron chi connectivity index (χ0n) is 28.2. The molecule has 0 aliphatic carbocycles. The molecular formula is C33H53N5O8. The highest BCUT2D eigenvalue weighted by Crippen LogP contribution is 2.19. The predicted octanol–water partition coefficient (Wildman–Crippen LogP) is 4.51. The molecule has 0 aliphatic rings. The highest BCUT2D eigenvalue weighted by Gasteiger charge is 2.25. The fraction of sp³-hybridized carbons (Fsp3) is 0.697. The summed E-state index contributed by atoms with van der Waals surface area (Å²) in [5.41, 5.74) is 8.07. The Morgan fingerprint density at radius 1 is 0.935 bits per heavy atom. The first-order valence-electron chi connectivity index (χ1n) is 15.9. The van der Waals surface area contributed by atoms with Gasteiger partial charge in [0.1, 0.15) is 19.0 Å². The summed E-state index contributed by atoms with van der Waals surface area (Å²) in [5.74, 6) is 6.62. The second kappa shape index (κ2) is 25.8. The van der Waals surface area contributed by atoms with Crippen LogP contribution in [0.2, 0.25) is 0 Å². The Balaban J connectivity index is 2.25. The van der Waals surface area contributed by atoms with Gasteiger partial charge in [0.15, 0.2) is 5.72 Å². The number of benzene rings is 1. The fourth-order valence-electron chi connectivity index (χ4n) is 3.71. The number of nitrogens with zero attached hydrogens (tertiary/aromatic N) is 3. The van der Waals surface area contributed by atoms with Gasteiger partial charge in [0.25, 0.3) is 5.91 Å². The quantitative estimate of drug-likeness (QED) is 0.0488. The van der Waals surface area contributed by atoms with E-state index < -0.39 is 5.72 Å². The van der Waals surface area contributed by atoms with Crippen LogP contribution in [-0.4, -0.2) is 96.7 Å². The summed E-state index contributed by atoms with van der Waals surface area (Å²) in [4.78, 5) is 27.2. The molecule has 1 aromatic rings. The summed E-state index contributed by atoms with van der Waals surface area (Å²) < 4.78 is 33.4. The zero-order chi connectivity index (χ0) is 33.9. The summed E-state index contributed by atoms with van der Waals surface area (Å²) in [6, 6.07) is 6.62. The third-order valence-electron chi connectivity index (χ3n) is 6.09. The van der Waals surface area contributed by atoms with Crippen molar-refractivity contribution in [2.45, 2.75) is 59.6 Å². The average molecular weight is 648 g/mol. The second-order valence-corrected chi connectivity index (χ2v) is 11.3. The van der Waals surface area contributed by atoms with E-state index in [0.29, 0.717) is 50.9 Å². The minimum Gasteiger partial charge on any atom is -0.490 e. The summed E-state index contributed by atoms with van der Waals surface area (Å²) in [7, 11) is 0. The molecule has 0 aliphatic heterocycles. The summed E-state index contributed by atoms with van der Waals surface area (Å²) >= 11 is 0. The number of rotatable bonds is 26. The molecular weight excluding hydrogens is 594 g/mol. The molecule has 0 spiro atoms. The molecule has 0 fully saturated rings. The number of amides is 2. The van der Waals surface area contributed by atoms with Crippen molar-refractivity contribution in [1.82, 2.24) is 10.6 Å². The molecule has 46 heavy (non-hydrogen) atoms. The Kier molecular flexibility index (Phi) is 22.8. The maximum absolute atomic E-state index is 12.6. The van der Waals surface area contributed by atoms with E-state index in [2.05, 4.69) is 46.3 Å². The van der Waals surface area contributed by atoms with E-state index in [1.807, 2.05) is 13.8 Å². The van der Waals surface area contributed by atoms with Crippen molar-refractivity contribution in [2.24, 2.45) is 17.0 Å². The first-order chi connectivity index (χ1) is 22.1. The zero-order valence-corrected chi connectivity index (χ0v) is 28.2. The SMILES string of the molecule is CC(C)C#CCNC(=O)COCCO[C@@](C)(COc1cccc(C(=O)NCCOCCOCCOCCCCC(C)C)c1)N=[N+]=[N-]. The number of hydrogen-bond donors (Lipinski definition) is 2. The Hall–Kier alpha value is -3.37. The number of unbranched alkanes of at least 4 members (excludes halogenated alkanes) is 1. The van der Waals surface area contributed by atoms with E-state index >= 15 is 0 Å². The number of carbonyl (C=O) groups excluding carboxylic acids is 2. The number of ether oxygens (including phenoxy) is 6. The monoisotopic (exact) mass is 647 g/mol. The largest absolute Gasteiger partial charge is 0.490 e. The van der Waals surface area contributed by atoms with E-state index in [9.17, 15) is 9.59 Å². The lowest BCUT2D eigenvalue weighted by atomic mass is 10.1. The van der Waals surface area contributed by atoms with Gasteiger partial charge in [0, 0.05) is 29.5 Å². The van der Waals surface area contributed by atoms with Crippen molar-refractivity contribution >= 4 is 11.8 Å². The first kappa shape index (κ1) is 40.7. The molecule has 2 amide bonds. The van der Waals surface area contributed by atoms with Crippen LogP contribution in [0.25, 0.3) is 10.4 Å². The van der Waals surface area contributed by atoms with Gasteiger partial charge in [-0.2, -0.15) is 0 Å². The topological polar surface area (TPSA) is 162 Å². The molecule has 1 atom stereocenters. The summed E-state index contributed by atoms with van der Waals surface area (Å²) in [6.45, 7) is 13.5. The number of nitrogens with one attached hydrogen (secondary N) is 2. The minimum absolute atomic E-state index is 0.0586. The van der Waals surface area contributed by atoms with Gasteiger partial charge >= 0.3 is 0 Å². The molecule has 13 heteroatoms. The van der Waals surface area contributed by atoms with Gasteiger partial charge in [-0.15, -0.1) is 0 Å². The van der Waals surface area contributed by atoms with Crippen LogP contribution in [0.15, 0.2) is 29.4 Å². The molecule has 1 rings (SSSR count). The van der Waals surface area contributed by atoms with E-state index in [0.717, 1.165) is 18.9 Å². The van der Waals surface area contributed by atoms with Gasteiger partial charge < -0.3 is 39.1 Å². The van der Waals surface area contributed by atoms with Crippen molar-refractivity contribution in [2.75, 3.05) is 79.2 Å². The smallest absolute Gasteiger partial charge is 0.251 e. The van der Waals surface area contributed by atoms with Gasteiger partial charge in [-0.3, -0.25) is 9.59 Å². The number of hydrogen-bond acceptors (Lipinski definition) is 9. The minimum atomic E-state index is -1.34. The Morgan fingerprint density at radius 3 is 2.33 bits per heavy atom. The lowest BCUT2D eigenvalue weighted by Crippen LogP contribution is -2.35. The molecule has 0 bridgehead atoms. The predicted molar refractivity (Wildman–Crippen MR) is 175 cm³/mol. The molecule has 2 N–H and O–H groups in total. The number of azide groups is 1. The lowest BCUT2D eigenvalue weighted by molar-refractivity contribution is -0.127. The van der Waals surface area contributed by atoms with Gasteiger partial charge in [-0.05, 0) is 43.0 Å². The van der Waals surface area contributed by atoms with Crippen molar-refractivity contribution < 1.29 is 38.0 Å². The Labute approximate surface area is 274 Å². The van der Waals surface area contributed by atoms with Crippen molar-refractivity contribution in [1.29, 1.82) is 0 Å². The number of carbonyl (C=O) groups is 2. The summed E-state index contributed by atoms with van der Waals surface area (Å²) in [5, 5.41) is 9.15. The van der Waals surface area contributed by atoms with Crippen molar-refractivity contribution in [3.63, 3.8) is 0 Å². The lowest BCUT2D eigenvalue weighted by Gasteiger charge is -2.24. The van der Waals surface area contributed by atoms with Gasteiger partial charge in [0.05, 0.1) is 52.8 Å². The Morgan fingerprint density at radius 2 is 1.63 bits per heavy atom. The van der Waals surface area contributed by atoms with Crippen LogP contribution in [0, 0.1) is 23.7 Å². The molecule has 258 valence electrons. The van der Waals surface area contributed by atoms with E-state index in [-0.39, 0.29) is 50.7 Å². The molecule has 0 unspecified atom stereocenters. The molecule has 1 aromatic carbocycles. The molecule has 13 nitrogen and oxygen atoms in total. The highest BCUT2D eigenvalue weighted by molar-refractivity contribution is 5.94. The maximum atomic E-state index is 12.6. The second-order valence-electron chi connectivity index (χ2n) is 11.3. The molecule has 0 heterocycles. The van der Waals surface area contributed by atoms with E-state index in [4.69, 9.17) is 34.0 Å². The van der Waals surface area contributed by atoms with E-state index in [1.165, 1.54) is 12.8 Å². The van der Waals surface area contributed by atoms with Crippen molar-refractivity contribution in [3.8, 4) is 17.6 Å². The average Bonchev–Trinajstić information content (AvgIpc) is 3.02. The van der Waals surface area contributed by atoms with Crippen LogP contribution in [0.5, 0.6) is 5.75 Å².